The van der Waals surface area contributed by atoms with Crippen LogP contribution in [0.1, 0.15) is 63.2 Å². The number of hydrogen-bond acceptors (Lipinski definition) is 4. The Morgan fingerprint density at radius 1 is 1.29 bits per heavy atom. The van der Waals surface area contributed by atoms with E-state index >= 15 is 0 Å². The van der Waals surface area contributed by atoms with Crippen LogP contribution in [0.5, 0.6) is 0 Å². The number of carbonyl (C=O) groups excluding carboxylic acids is 2. The van der Waals surface area contributed by atoms with Crippen molar-refractivity contribution in [1.82, 2.24) is 0 Å². The number of nitrogens with one attached hydrogen (secondary N) is 1. The molecule has 1 heterocycles. The van der Waals surface area contributed by atoms with E-state index in [0.29, 0.717) is 10.6 Å². The largest absolute Gasteiger partial charge is 0.465 e. The van der Waals surface area contributed by atoms with Crippen molar-refractivity contribution in [3.8, 4) is 0 Å². The number of esters is 1. The third-order valence-corrected chi connectivity index (χ3v) is 3.73. The third kappa shape index (κ3) is 6.76. The molecule has 0 aliphatic rings. The normalized spacial score (nSPS) is 10.3. The van der Waals surface area contributed by atoms with Gasteiger partial charge in [0, 0.05) is 5.92 Å². The fourth-order valence-electron chi connectivity index (χ4n) is 1.27. The van der Waals surface area contributed by atoms with Gasteiger partial charge in [-0.2, -0.15) is 0 Å². The molecule has 0 aromatic carbocycles. The van der Waals surface area contributed by atoms with Crippen molar-refractivity contribution in [2.75, 3.05) is 12.4 Å². The van der Waals surface area contributed by atoms with E-state index in [1.54, 1.807) is 0 Å². The van der Waals surface area contributed by atoms with E-state index in [0.717, 1.165) is 12.0 Å². The lowest BCUT2D eigenvalue weighted by atomic mass is 10.1. The predicted molar refractivity (Wildman–Crippen MR) is 91.2 cm³/mol. The van der Waals surface area contributed by atoms with Crippen molar-refractivity contribution in [2.24, 2.45) is 5.92 Å². The first kappa shape index (κ1) is 21.9. The van der Waals surface area contributed by atoms with Crippen molar-refractivity contribution in [3.63, 3.8) is 0 Å². The number of hydrogen-bond donors (Lipinski definition) is 1. The first-order valence-electron chi connectivity index (χ1n) is 7.48. The molecule has 0 saturated carbocycles. The zero-order chi connectivity index (χ0) is 17.0. The van der Waals surface area contributed by atoms with Crippen LogP contribution in [0.2, 0.25) is 0 Å². The van der Waals surface area contributed by atoms with Crippen molar-refractivity contribution in [2.45, 2.75) is 54.9 Å². The van der Waals surface area contributed by atoms with Crippen LogP contribution < -0.4 is 5.32 Å². The van der Waals surface area contributed by atoms with E-state index in [1.165, 1.54) is 18.4 Å². The minimum absolute atomic E-state index is 0.0696. The maximum atomic E-state index is 11.8. The van der Waals surface area contributed by atoms with Gasteiger partial charge < -0.3 is 10.1 Å². The second-order valence-corrected chi connectivity index (χ2v) is 4.79. The van der Waals surface area contributed by atoms with Crippen LogP contribution in [0.15, 0.2) is 5.38 Å². The minimum Gasteiger partial charge on any atom is -0.465 e. The number of ether oxygens (including phenoxy) is 1. The summed E-state index contributed by atoms with van der Waals surface area (Å²) in [7, 11) is 1.33. The summed E-state index contributed by atoms with van der Waals surface area (Å²) >= 11 is 1.28. The molecule has 0 aliphatic carbocycles. The van der Waals surface area contributed by atoms with Crippen LogP contribution in [-0.2, 0) is 9.53 Å². The Hall–Kier alpha value is -1.36. The second-order valence-electron chi connectivity index (χ2n) is 3.91. The molecule has 1 aromatic heterocycles. The molecule has 1 aromatic rings. The van der Waals surface area contributed by atoms with Crippen LogP contribution >= 0.6 is 11.3 Å². The Labute approximate surface area is 132 Å². The monoisotopic (exact) mass is 315 g/mol. The predicted octanol–water partition coefficient (Wildman–Crippen LogP) is 4.88. The Bertz CT molecular complexity index is 427. The molecule has 4 nitrogen and oxygen atoms in total. The van der Waals surface area contributed by atoms with Gasteiger partial charge in [-0.15, -0.1) is 11.3 Å². The molecule has 0 spiro atoms. The number of thiophene rings is 1. The molecule has 0 aliphatic heterocycles. The molecular weight excluding hydrogens is 286 g/mol. The maximum Gasteiger partial charge on any atom is 0.350 e. The number of methoxy groups -OCH3 is 1. The number of rotatable bonds is 4. The van der Waals surface area contributed by atoms with E-state index in [4.69, 9.17) is 0 Å². The molecule has 1 amide bonds. The lowest BCUT2D eigenvalue weighted by Crippen LogP contribution is -2.21. The Morgan fingerprint density at radius 2 is 1.81 bits per heavy atom. The number of carbonyl (C=O) groups is 2. The number of anilines is 1. The molecular formula is C16H29NO3S. The summed E-state index contributed by atoms with van der Waals surface area (Å²) in [5, 5.41) is 4.63. The van der Waals surface area contributed by atoms with Crippen LogP contribution in [-0.4, -0.2) is 19.0 Å². The van der Waals surface area contributed by atoms with Crippen molar-refractivity contribution in [1.29, 1.82) is 0 Å². The number of aryl methyl sites for hydroxylation is 1. The van der Waals surface area contributed by atoms with Gasteiger partial charge in [-0.05, 0) is 24.3 Å². The average molecular weight is 315 g/mol. The molecule has 1 unspecified atom stereocenters. The lowest BCUT2D eigenvalue weighted by Gasteiger charge is -2.11. The third-order valence-electron chi connectivity index (χ3n) is 2.65. The second kappa shape index (κ2) is 12.4. The van der Waals surface area contributed by atoms with E-state index in [-0.39, 0.29) is 11.8 Å². The van der Waals surface area contributed by atoms with Crippen molar-refractivity contribution in [3.05, 3.63) is 15.8 Å². The molecule has 0 radical (unpaired) electrons. The molecule has 122 valence electrons. The van der Waals surface area contributed by atoms with Crippen LogP contribution in [0, 0.1) is 12.8 Å². The smallest absolute Gasteiger partial charge is 0.350 e. The molecule has 21 heavy (non-hydrogen) atoms. The summed E-state index contributed by atoms with van der Waals surface area (Å²) in [6, 6.07) is 0. The van der Waals surface area contributed by atoms with Crippen molar-refractivity contribution < 1.29 is 14.3 Å². The highest BCUT2D eigenvalue weighted by Gasteiger charge is 2.20. The first-order chi connectivity index (χ1) is 10.0. The van der Waals surface area contributed by atoms with Crippen LogP contribution in [0.3, 0.4) is 0 Å². The SMILES string of the molecule is CC.CC.CCC(C)C(=O)Nc1c(C)csc1C(=O)OC. The fraction of sp³-hybridized carbons (Fsp3) is 0.625. The Balaban J connectivity index is 0. The van der Waals surface area contributed by atoms with Gasteiger partial charge >= 0.3 is 5.97 Å². The van der Waals surface area contributed by atoms with Gasteiger partial charge in [-0.3, -0.25) is 4.79 Å². The van der Waals surface area contributed by atoms with Gasteiger partial charge in [0.1, 0.15) is 4.88 Å². The molecule has 1 N–H and O–H groups in total. The average Bonchev–Trinajstić information content (AvgIpc) is 2.90. The standard InChI is InChI=1S/C12H17NO3S.2C2H6/c1-5-7(2)11(14)13-9-8(3)6-17-10(9)12(15)16-4;2*1-2/h6-7H,5H2,1-4H3,(H,13,14);2*1-2H3. The van der Waals surface area contributed by atoms with Gasteiger partial charge in [0.15, 0.2) is 0 Å². The molecule has 1 atom stereocenters. The first-order valence-corrected chi connectivity index (χ1v) is 8.36. The summed E-state index contributed by atoms with van der Waals surface area (Å²) in [5.41, 5.74) is 1.46. The summed E-state index contributed by atoms with van der Waals surface area (Å²) in [6.07, 6.45) is 0.766. The molecule has 0 bridgehead atoms. The van der Waals surface area contributed by atoms with E-state index in [1.807, 2.05) is 53.8 Å². The summed E-state index contributed by atoms with van der Waals surface area (Å²) in [6.45, 7) is 13.7. The molecule has 5 heteroatoms. The summed E-state index contributed by atoms with van der Waals surface area (Å²) in [4.78, 5) is 23.7. The molecule has 0 fully saturated rings. The fourth-order valence-corrected chi connectivity index (χ4v) is 2.20. The van der Waals surface area contributed by atoms with E-state index < -0.39 is 5.97 Å². The molecule has 1 rings (SSSR count). The van der Waals surface area contributed by atoms with Gasteiger partial charge in [0.25, 0.3) is 0 Å². The molecule has 0 saturated heterocycles. The summed E-state index contributed by atoms with van der Waals surface area (Å²) in [5.74, 6) is -0.554. The van der Waals surface area contributed by atoms with Gasteiger partial charge in [0.2, 0.25) is 5.91 Å². The zero-order valence-corrected chi connectivity index (χ0v) is 15.3. The zero-order valence-electron chi connectivity index (χ0n) is 14.5. The Morgan fingerprint density at radius 3 is 2.24 bits per heavy atom. The maximum absolute atomic E-state index is 11.8. The number of amides is 1. The highest BCUT2D eigenvalue weighted by molar-refractivity contribution is 7.12. The van der Waals surface area contributed by atoms with Gasteiger partial charge in [0.05, 0.1) is 12.8 Å². The minimum atomic E-state index is -0.414. The highest BCUT2D eigenvalue weighted by Crippen LogP contribution is 2.28. The topological polar surface area (TPSA) is 55.4 Å². The van der Waals surface area contributed by atoms with Crippen LogP contribution in [0.4, 0.5) is 5.69 Å². The van der Waals surface area contributed by atoms with E-state index in [2.05, 4.69) is 10.1 Å². The summed E-state index contributed by atoms with van der Waals surface area (Å²) < 4.78 is 4.68. The quantitative estimate of drug-likeness (QED) is 0.806. The highest BCUT2D eigenvalue weighted by atomic mass is 32.1. The van der Waals surface area contributed by atoms with E-state index in [9.17, 15) is 9.59 Å². The Kier molecular flexibility index (Phi) is 12.9. The van der Waals surface area contributed by atoms with Crippen LogP contribution in [0.25, 0.3) is 0 Å². The van der Waals surface area contributed by atoms with Crippen molar-refractivity contribution >= 4 is 28.9 Å². The van der Waals surface area contributed by atoms with Gasteiger partial charge in [-0.25, -0.2) is 4.79 Å². The lowest BCUT2D eigenvalue weighted by molar-refractivity contribution is -0.119. The van der Waals surface area contributed by atoms with Gasteiger partial charge in [-0.1, -0.05) is 41.5 Å².